The number of nitrogens with zero attached hydrogens (tertiary/aromatic N) is 3. The average Bonchev–Trinajstić information content (AvgIpc) is 3.03. The molecule has 2 heterocycles. The minimum Gasteiger partial charge on any atom is -0.454 e. The van der Waals surface area contributed by atoms with E-state index in [1.807, 2.05) is 44.2 Å². The van der Waals surface area contributed by atoms with Gasteiger partial charge >= 0.3 is 5.97 Å². The molecule has 0 aliphatic heterocycles. The van der Waals surface area contributed by atoms with Crippen molar-refractivity contribution >= 4 is 22.8 Å². The highest BCUT2D eigenvalue weighted by atomic mass is 16.5. The predicted molar refractivity (Wildman–Crippen MR) is 94.3 cm³/mol. The number of hydrogen-bond donors (Lipinski definition) is 0. The second-order valence-electron chi connectivity index (χ2n) is 6.12. The zero-order valence-corrected chi connectivity index (χ0v) is 14.4. The molecule has 0 bridgehead atoms. The van der Waals surface area contributed by atoms with E-state index in [0.717, 1.165) is 5.56 Å². The number of pyridine rings is 1. The fraction of sp³-hybridized carbons (Fsp3) is 0.263. The summed E-state index contributed by atoms with van der Waals surface area (Å²) in [7, 11) is 0. The van der Waals surface area contributed by atoms with E-state index in [2.05, 4.69) is 5.10 Å². The van der Waals surface area contributed by atoms with Gasteiger partial charge < -0.3 is 4.74 Å². The van der Waals surface area contributed by atoms with Gasteiger partial charge in [-0.1, -0.05) is 30.3 Å². The lowest BCUT2D eigenvalue weighted by atomic mass is 10.1. The van der Waals surface area contributed by atoms with Gasteiger partial charge in [-0.3, -0.25) is 4.79 Å². The Labute approximate surface area is 145 Å². The van der Waals surface area contributed by atoms with Crippen LogP contribution >= 0.6 is 0 Å². The maximum Gasteiger partial charge on any atom is 0.339 e. The third kappa shape index (κ3) is 3.42. The number of carbonyl (C=O) groups is 2. The Balaban J connectivity index is 2.17. The fourth-order valence-corrected chi connectivity index (χ4v) is 2.57. The molecule has 0 saturated carbocycles. The number of aromatic nitrogens is 3. The largest absolute Gasteiger partial charge is 0.454 e. The Kier molecular flexibility index (Phi) is 4.61. The van der Waals surface area contributed by atoms with Crippen LogP contribution in [0.5, 0.6) is 0 Å². The van der Waals surface area contributed by atoms with Crippen LogP contribution in [0.15, 0.2) is 42.6 Å². The van der Waals surface area contributed by atoms with Crippen LogP contribution in [0.4, 0.5) is 0 Å². The molecule has 0 fully saturated rings. The van der Waals surface area contributed by atoms with Crippen molar-refractivity contribution in [3.05, 3.63) is 48.2 Å². The Hall–Kier alpha value is -3.02. The third-order valence-electron chi connectivity index (χ3n) is 3.75. The molecule has 0 spiro atoms. The summed E-state index contributed by atoms with van der Waals surface area (Å²) in [6.07, 6.45) is 1.61. The minimum absolute atomic E-state index is 0.0945. The number of benzene rings is 1. The minimum atomic E-state index is -0.553. The van der Waals surface area contributed by atoms with Gasteiger partial charge in [-0.05, 0) is 26.8 Å². The van der Waals surface area contributed by atoms with Crippen LogP contribution in [0.1, 0.15) is 37.2 Å². The highest BCUT2D eigenvalue weighted by Gasteiger charge is 2.19. The number of carbonyl (C=O) groups excluding carboxylic acids is 2. The molecular weight excluding hydrogens is 318 g/mol. The summed E-state index contributed by atoms with van der Waals surface area (Å²) in [5, 5.41) is 4.96. The van der Waals surface area contributed by atoms with Gasteiger partial charge in [0.05, 0.1) is 22.8 Å². The number of hydrogen-bond acceptors (Lipinski definition) is 5. The lowest BCUT2D eigenvalue weighted by Gasteiger charge is -2.10. The molecule has 2 aromatic heterocycles. The normalized spacial score (nSPS) is 11.0. The van der Waals surface area contributed by atoms with Crippen molar-refractivity contribution in [1.82, 2.24) is 14.8 Å². The van der Waals surface area contributed by atoms with Crippen molar-refractivity contribution in [2.24, 2.45) is 0 Å². The van der Waals surface area contributed by atoms with Crippen molar-refractivity contribution in [3.63, 3.8) is 0 Å². The molecule has 3 aromatic rings. The molecule has 6 nitrogen and oxygen atoms in total. The topological polar surface area (TPSA) is 74.1 Å². The quantitative estimate of drug-likeness (QED) is 0.667. The molecule has 1 aromatic carbocycles. The van der Waals surface area contributed by atoms with E-state index >= 15 is 0 Å². The van der Waals surface area contributed by atoms with Gasteiger partial charge in [-0.2, -0.15) is 5.10 Å². The second-order valence-corrected chi connectivity index (χ2v) is 6.12. The van der Waals surface area contributed by atoms with Crippen molar-refractivity contribution in [3.8, 4) is 11.3 Å². The van der Waals surface area contributed by atoms with Crippen molar-refractivity contribution in [2.45, 2.75) is 26.8 Å². The SMILES string of the molecule is CC(=O)COC(=O)c1cc(-c2ccccc2)nc2c1cnn2C(C)C. The molecule has 6 heteroatoms. The van der Waals surface area contributed by atoms with E-state index in [-0.39, 0.29) is 18.4 Å². The number of ether oxygens (including phenoxy) is 1. The van der Waals surface area contributed by atoms with Crippen LogP contribution in [-0.4, -0.2) is 33.1 Å². The van der Waals surface area contributed by atoms with Crippen LogP contribution < -0.4 is 0 Å². The molecule has 128 valence electrons. The van der Waals surface area contributed by atoms with Gasteiger partial charge in [0, 0.05) is 11.6 Å². The first kappa shape index (κ1) is 16.8. The number of fused-ring (bicyclic) bond motifs is 1. The van der Waals surface area contributed by atoms with Gasteiger partial charge in [0.15, 0.2) is 11.4 Å². The highest BCUT2D eigenvalue weighted by molar-refractivity contribution is 6.04. The summed E-state index contributed by atoms with van der Waals surface area (Å²) < 4.78 is 6.87. The molecule has 0 atom stereocenters. The molecule has 25 heavy (non-hydrogen) atoms. The van der Waals surface area contributed by atoms with Crippen LogP contribution in [0, 0.1) is 0 Å². The van der Waals surface area contributed by atoms with E-state index < -0.39 is 5.97 Å². The number of esters is 1. The lowest BCUT2D eigenvalue weighted by molar-refractivity contribution is -0.120. The molecule has 0 N–H and O–H groups in total. The van der Waals surface area contributed by atoms with Crippen molar-refractivity contribution in [2.75, 3.05) is 6.61 Å². The highest BCUT2D eigenvalue weighted by Crippen LogP contribution is 2.26. The van der Waals surface area contributed by atoms with E-state index in [1.54, 1.807) is 16.9 Å². The standard InChI is InChI=1S/C19H19N3O3/c1-12(2)22-18-16(10-20-22)15(19(24)25-11-13(3)23)9-17(21-18)14-7-5-4-6-8-14/h4-10,12H,11H2,1-3H3. The molecular formula is C19H19N3O3. The summed E-state index contributed by atoms with van der Waals surface area (Å²) in [5.41, 5.74) is 2.52. The number of rotatable bonds is 5. The molecule has 0 amide bonds. The Morgan fingerprint density at radius 2 is 1.92 bits per heavy atom. The Bertz CT molecular complexity index is 930. The zero-order chi connectivity index (χ0) is 18.0. The van der Waals surface area contributed by atoms with Crippen molar-refractivity contribution < 1.29 is 14.3 Å². The summed E-state index contributed by atoms with van der Waals surface area (Å²) in [6.45, 7) is 5.12. The van der Waals surface area contributed by atoms with Crippen LogP contribution in [0.2, 0.25) is 0 Å². The van der Waals surface area contributed by atoms with Gasteiger partial charge in [-0.15, -0.1) is 0 Å². The maximum atomic E-state index is 12.5. The van der Waals surface area contributed by atoms with E-state index in [9.17, 15) is 9.59 Å². The molecule has 0 saturated heterocycles. The van der Waals surface area contributed by atoms with Crippen LogP contribution in [0.3, 0.4) is 0 Å². The lowest BCUT2D eigenvalue weighted by Crippen LogP contribution is -2.12. The Morgan fingerprint density at radius 1 is 1.20 bits per heavy atom. The smallest absolute Gasteiger partial charge is 0.339 e. The van der Waals surface area contributed by atoms with Gasteiger partial charge in [0.2, 0.25) is 0 Å². The Morgan fingerprint density at radius 3 is 2.56 bits per heavy atom. The number of ketones is 1. The van der Waals surface area contributed by atoms with Gasteiger partial charge in [0.25, 0.3) is 0 Å². The molecule has 0 radical (unpaired) electrons. The predicted octanol–water partition coefficient (Wildman–Crippen LogP) is 3.43. The average molecular weight is 337 g/mol. The molecule has 0 aliphatic carbocycles. The first-order chi connectivity index (χ1) is 12.0. The van der Waals surface area contributed by atoms with E-state index in [0.29, 0.717) is 22.3 Å². The van der Waals surface area contributed by atoms with Crippen molar-refractivity contribution in [1.29, 1.82) is 0 Å². The first-order valence-electron chi connectivity index (χ1n) is 8.07. The second kappa shape index (κ2) is 6.84. The van der Waals surface area contributed by atoms with Gasteiger partial charge in [0.1, 0.15) is 6.61 Å². The zero-order valence-electron chi connectivity index (χ0n) is 14.4. The summed E-state index contributed by atoms with van der Waals surface area (Å²) in [4.78, 5) is 28.3. The summed E-state index contributed by atoms with van der Waals surface area (Å²) in [5.74, 6) is -0.761. The third-order valence-corrected chi connectivity index (χ3v) is 3.75. The van der Waals surface area contributed by atoms with E-state index in [4.69, 9.17) is 9.72 Å². The monoisotopic (exact) mass is 337 g/mol. The summed E-state index contributed by atoms with van der Waals surface area (Å²) in [6, 6.07) is 11.4. The molecule has 0 unspecified atom stereocenters. The van der Waals surface area contributed by atoms with Crippen LogP contribution in [-0.2, 0) is 9.53 Å². The van der Waals surface area contributed by atoms with Crippen LogP contribution in [0.25, 0.3) is 22.3 Å². The van der Waals surface area contributed by atoms with Gasteiger partial charge in [-0.25, -0.2) is 14.5 Å². The molecule has 3 rings (SSSR count). The number of Topliss-reactive ketones (excluding diaryl/α,β-unsaturated/α-hetero) is 1. The maximum absolute atomic E-state index is 12.5. The van der Waals surface area contributed by atoms with E-state index in [1.165, 1.54) is 6.92 Å². The fourth-order valence-electron chi connectivity index (χ4n) is 2.57. The molecule has 0 aliphatic rings. The summed E-state index contributed by atoms with van der Waals surface area (Å²) >= 11 is 0. The first-order valence-corrected chi connectivity index (χ1v) is 8.07.